The first kappa shape index (κ1) is 15.4. The van der Waals surface area contributed by atoms with E-state index >= 15 is 0 Å². The van der Waals surface area contributed by atoms with Crippen molar-refractivity contribution < 1.29 is 14.6 Å². The third-order valence-electron chi connectivity index (χ3n) is 4.03. The Bertz CT molecular complexity index is 273. The molecule has 2 N–H and O–H groups in total. The molecule has 0 saturated heterocycles. The van der Waals surface area contributed by atoms with Crippen LogP contribution in [0.3, 0.4) is 0 Å². The maximum Gasteiger partial charge on any atom is 0.323 e. The highest BCUT2D eigenvalue weighted by molar-refractivity contribution is 5.79. The van der Waals surface area contributed by atoms with E-state index in [1.165, 1.54) is 0 Å². The summed E-state index contributed by atoms with van der Waals surface area (Å²) in [6.07, 6.45) is 3.41. The van der Waals surface area contributed by atoms with Gasteiger partial charge in [0.25, 0.3) is 0 Å². The van der Waals surface area contributed by atoms with E-state index < -0.39 is 11.5 Å². The molecule has 5 heteroatoms. The summed E-state index contributed by atoms with van der Waals surface area (Å²) in [5, 5.41) is 12.4. The summed E-state index contributed by atoms with van der Waals surface area (Å²) < 4.78 is 5.35. The summed E-state index contributed by atoms with van der Waals surface area (Å²) in [6, 6.07) is 0.322. The van der Waals surface area contributed by atoms with Gasteiger partial charge in [0, 0.05) is 19.2 Å². The Hall–Kier alpha value is -0.650. The van der Waals surface area contributed by atoms with E-state index in [0.717, 1.165) is 26.0 Å². The minimum Gasteiger partial charge on any atom is -0.480 e. The van der Waals surface area contributed by atoms with E-state index in [1.54, 1.807) is 7.05 Å². The van der Waals surface area contributed by atoms with Crippen LogP contribution in [-0.2, 0) is 9.53 Å². The molecule has 0 radical (unpaired) electrons. The Balaban J connectivity index is 2.54. The number of hydrogen-bond acceptors (Lipinski definition) is 4. The van der Waals surface area contributed by atoms with Gasteiger partial charge in [-0.3, -0.25) is 4.79 Å². The number of nitrogens with zero attached hydrogens (tertiary/aromatic N) is 1. The fourth-order valence-electron chi connectivity index (χ4n) is 2.69. The minimum absolute atomic E-state index is 0.322. The van der Waals surface area contributed by atoms with E-state index in [-0.39, 0.29) is 0 Å². The van der Waals surface area contributed by atoms with E-state index in [2.05, 4.69) is 17.3 Å². The van der Waals surface area contributed by atoms with Crippen molar-refractivity contribution in [3.8, 4) is 0 Å². The standard InChI is InChI=1S/C13H26N2O3/c1-4-18-9-8-15(3)11-6-5-7-13(10-11,14-2)12(16)17/h11,14H,4-10H2,1-3H3,(H,16,17). The molecule has 1 saturated carbocycles. The molecule has 5 nitrogen and oxygen atoms in total. The second-order valence-corrected chi connectivity index (χ2v) is 5.06. The summed E-state index contributed by atoms with van der Waals surface area (Å²) in [6.45, 7) is 4.28. The first-order valence-corrected chi connectivity index (χ1v) is 6.76. The van der Waals surface area contributed by atoms with Crippen LogP contribution in [0.2, 0.25) is 0 Å². The van der Waals surface area contributed by atoms with Crippen LogP contribution in [0.1, 0.15) is 32.6 Å². The van der Waals surface area contributed by atoms with E-state index in [4.69, 9.17) is 4.74 Å². The molecular weight excluding hydrogens is 232 g/mol. The van der Waals surface area contributed by atoms with Gasteiger partial charge in [-0.15, -0.1) is 0 Å². The Morgan fingerprint density at radius 1 is 1.61 bits per heavy atom. The molecule has 0 aromatic heterocycles. The average molecular weight is 258 g/mol. The van der Waals surface area contributed by atoms with Gasteiger partial charge in [-0.25, -0.2) is 0 Å². The second kappa shape index (κ2) is 7.07. The van der Waals surface area contributed by atoms with Crippen molar-refractivity contribution >= 4 is 5.97 Å². The zero-order valence-electron chi connectivity index (χ0n) is 11.7. The number of rotatable bonds is 7. The van der Waals surface area contributed by atoms with Crippen molar-refractivity contribution in [1.29, 1.82) is 0 Å². The second-order valence-electron chi connectivity index (χ2n) is 5.06. The van der Waals surface area contributed by atoms with Gasteiger partial charge in [0.15, 0.2) is 0 Å². The lowest BCUT2D eigenvalue weighted by Gasteiger charge is -2.41. The Kier molecular flexibility index (Phi) is 6.05. The summed E-state index contributed by atoms with van der Waals surface area (Å²) >= 11 is 0. The largest absolute Gasteiger partial charge is 0.480 e. The summed E-state index contributed by atoms with van der Waals surface area (Å²) in [4.78, 5) is 13.7. The SMILES string of the molecule is CCOCCN(C)C1CCCC(NC)(C(=O)O)C1. The van der Waals surface area contributed by atoms with Gasteiger partial charge in [-0.1, -0.05) is 0 Å². The van der Waals surface area contributed by atoms with Gasteiger partial charge < -0.3 is 20.1 Å². The van der Waals surface area contributed by atoms with Gasteiger partial charge in [0.1, 0.15) is 5.54 Å². The number of carboxylic acid groups (broad SMARTS) is 1. The van der Waals surface area contributed by atoms with Gasteiger partial charge in [0.05, 0.1) is 6.61 Å². The Labute approximate surface area is 109 Å². The van der Waals surface area contributed by atoms with Gasteiger partial charge >= 0.3 is 5.97 Å². The molecule has 0 aromatic rings. The molecule has 1 rings (SSSR count). The van der Waals surface area contributed by atoms with Crippen LogP contribution in [0.25, 0.3) is 0 Å². The van der Waals surface area contributed by atoms with Crippen LogP contribution in [0.15, 0.2) is 0 Å². The van der Waals surface area contributed by atoms with E-state index in [1.807, 2.05) is 6.92 Å². The van der Waals surface area contributed by atoms with Crippen molar-refractivity contribution in [2.75, 3.05) is 33.9 Å². The van der Waals surface area contributed by atoms with Crippen molar-refractivity contribution in [2.24, 2.45) is 0 Å². The third-order valence-corrected chi connectivity index (χ3v) is 4.03. The van der Waals surface area contributed by atoms with Crippen molar-refractivity contribution in [3.05, 3.63) is 0 Å². The Morgan fingerprint density at radius 3 is 2.89 bits per heavy atom. The third kappa shape index (κ3) is 3.67. The molecule has 0 aromatic carbocycles. The number of carboxylic acids is 1. The first-order chi connectivity index (χ1) is 8.55. The molecule has 0 bridgehead atoms. The van der Waals surface area contributed by atoms with Crippen LogP contribution in [-0.4, -0.2) is 61.4 Å². The molecule has 2 atom stereocenters. The number of aliphatic carboxylic acids is 1. The van der Waals surface area contributed by atoms with Crippen LogP contribution in [0.5, 0.6) is 0 Å². The molecule has 1 fully saturated rings. The normalized spacial score (nSPS) is 28.6. The fraction of sp³-hybridized carbons (Fsp3) is 0.923. The molecule has 106 valence electrons. The lowest BCUT2D eigenvalue weighted by atomic mass is 9.78. The fourth-order valence-corrected chi connectivity index (χ4v) is 2.69. The zero-order valence-corrected chi connectivity index (χ0v) is 11.7. The number of hydrogen-bond donors (Lipinski definition) is 2. The van der Waals surface area contributed by atoms with Gasteiger partial charge in [-0.05, 0) is 46.7 Å². The Morgan fingerprint density at radius 2 is 2.33 bits per heavy atom. The number of ether oxygens (including phenoxy) is 1. The van der Waals surface area contributed by atoms with Crippen molar-refractivity contribution in [2.45, 2.75) is 44.2 Å². The summed E-state index contributed by atoms with van der Waals surface area (Å²) in [5.41, 5.74) is -0.747. The highest BCUT2D eigenvalue weighted by Crippen LogP contribution is 2.30. The molecule has 1 aliphatic rings. The van der Waals surface area contributed by atoms with Crippen molar-refractivity contribution in [1.82, 2.24) is 10.2 Å². The predicted octanol–water partition coefficient (Wildman–Crippen LogP) is 0.940. The van der Waals surface area contributed by atoms with Crippen molar-refractivity contribution in [3.63, 3.8) is 0 Å². The molecular formula is C13H26N2O3. The molecule has 2 unspecified atom stereocenters. The van der Waals surface area contributed by atoms with E-state index in [0.29, 0.717) is 25.5 Å². The summed E-state index contributed by atoms with van der Waals surface area (Å²) in [5.74, 6) is -0.729. The lowest BCUT2D eigenvalue weighted by molar-refractivity contribution is -0.147. The molecule has 1 aliphatic carbocycles. The molecule has 0 amide bonds. The number of nitrogens with one attached hydrogen (secondary N) is 1. The number of carbonyl (C=O) groups is 1. The van der Waals surface area contributed by atoms with Gasteiger partial charge in [-0.2, -0.15) is 0 Å². The summed E-state index contributed by atoms with van der Waals surface area (Å²) in [7, 11) is 3.80. The van der Waals surface area contributed by atoms with Crippen LogP contribution in [0, 0.1) is 0 Å². The monoisotopic (exact) mass is 258 g/mol. The smallest absolute Gasteiger partial charge is 0.323 e. The lowest BCUT2D eigenvalue weighted by Crippen LogP contribution is -2.57. The highest BCUT2D eigenvalue weighted by atomic mass is 16.5. The topological polar surface area (TPSA) is 61.8 Å². The van der Waals surface area contributed by atoms with E-state index in [9.17, 15) is 9.90 Å². The first-order valence-electron chi connectivity index (χ1n) is 6.76. The predicted molar refractivity (Wildman–Crippen MR) is 70.8 cm³/mol. The van der Waals surface area contributed by atoms with Crippen LogP contribution in [0.4, 0.5) is 0 Å². The zero-order chi connectivity index (χ0) is 13.6. The maximum atomic E-state index is 11.4. The van der Waals surface area contributed by atoms with Crippen LogP contribution >= 0.6 is 0 Å². The van der Waals surface area contributed by atoms with Gasteiger partial charge in [0.2, 0.25) is 0 Å². The molecule has 0 heterocycles. The van der Waals surface area contributed by atoms with Crippen LogP contribution < -0.4 is 5.32 Å². The maximum absolute atomic E-state index is 11.4. The quantitative estimate of drug-likeness (QED) is 0.666. The molecule has 0 aliphatic heterocycles. The molecule has 0 spiro atoms. The number of likely N-dealkylation sites (N-methyl/N-ethyl adjacent to an activating group) is 2. The average Bonchev–Trinajstić information content (AvgIpc) is 2.38. The molecule has 18 heavy (non-hydrogen) atoms. The highest BCUT2D eigenvalue weighted by Gasteiger charge is 2.42. The minimum atomic E-state index is -0.747.